The highest BCUT2D eigenvalue weighted by Crippen LogP contribution is 2.28. The van der Waals surface area contributed by atoms with Crippen LogP contribution in [0.1, 0.15) is 31.2 Å². The molecule has 0 saturated carbocycles. The molecular formula is C17H23Cl3O4Si. The molecule has 1 aromatic carbocycles. The molecule has 1 rings (SSSR count). The molecule has 140 valence electrons. The van der Waals surface area contributed by atoms with Crippen LogP contribution in [0.25, 0.3) is 6.08 Å². The maximum Gasteiger partial charge on any atom is 0.341 e. The molecule has 0 spiro atoms. The molecule has 0 amide bonds. The number of hydrogen-bond acceptors (Lipinski definition) is 4. The molecule has 0 aliphatic rings. The van der Waals surface area contributed by atoms with Gasteiger partial charge in [-0.1, -0.05) is 25.3 Å². The van der Waals surface area contributed by atoms with Crippen molar-refractivity contribution in [3.63, 3.8) is 0 Å². The number of halogens is 3. The van der Waals surface area contributed by atoms with Gasteiger partial charge in [0.1, 0.15) is 0 Å². The number of hydrogen-bond donors (Lipinski definition) is 0. The van der Waals surface area contributed by atoms with Crippen molar-refractivity contribution in [3.05, 3.63) is 29.8 Å². The van der Waals surface area contributed by atoms with Gasteiger partial charge in [-0.15, -0.1) is 33.2 Å². The molecule has 25 heavy (non-hydrogen) atoms. The lowest BCUT2D eigenvalue weighted by Gasteiger charge is -2.07. The minimum absolute atomic E-state index is 0.372. The molecule has 0 saturated heterocycles. The van der Waals surface area contributed by atoms with E-state index in [9.17, 15) is 4.79 Å². The number of unbranched alkanes of at least 4 members (excludes halogenated alkanes) is 3. The largest absolute Gasteiger partial charge is 0.493 e. The highest BCUT2D eigenvalue weighted by Gasteiger charge is 2.23. The molecule has 0 heterocycles. The predicted octanol–water partition coefficient (Wildman–Crippen LogP) is 5.48. The lowest BCUT2D eigenvalue weighted by Crippen LogP contribution is -2.07. The average Bonchev–Trinajstić information content (AvgIpc) is 2.57. The van der Waals surface area contributed by atoms with E-state index in [1.807, 2.05) is 6.07 Å². The van der Waals surface area contributed by atoms with Gasteiger partial charge in [0, 0.05) is 6.08 Å². The van der Waals surface area contributed by atoms with E-state index < -0.39 is 6.00 Å². The molecule has 0 N–H and O–H groups in total. The SMILES string of the molecule is COc1ccc(C=CC(=O)OCCCCCC[Si](Cl)(Cl)Cl)cc1OC. The molecule has 0 aliphatic heterocycles. The van der Waals surface area contributed by atoms with Crippen molar-refractivity contribution in [1.82, 2.24) is 0 Å². The first-order valence-electron chi connectivity index (χ1n) is 7.99. The van der Waals surface area contributed by atoms with Crippen LogP contribution in [0.2, 0.25) is 6.04 Å². The molecule has 4 nitrogen and oxygen atoms in total. The highest BCUT2D eigenvalue weighted by molar-refractivity contribution is 7.64. The van der Waals surface area contributed by atoms with Crippen molar-refractivity contribution < 1.29 is 19.0 Å². The predicted molar refractivity (Wildman–Crippen MR) is 106 cm³/mol. The quantitative estimate of drug-likeness (QED) is 0.155. The van der Waals surface area contributed by atoms with Crippen LogP contribution in [-0.2, 0) is 9.53 Å². The van der Waals surface area contributed by atoms with Gasteiger partial charge in [0.15, 0.2) is 11.5 Å². The molecular weight excluding hydrogens is 403 g/mol. The number of ether oxygens (including phenoxy) is 3. The second kappa shape index (κ2) is 11.7. The normalized spacial score (nSPS) is 11.6. The maximum atomic E-state index is 11.7. The lowest BCUT2D eigenvalue weighted by atomic mass is 10.2. The maximum absolute atomic E-state index is 11.7. The molecule has 0 unspecified atom stereocenters. The highest BCUT2D eigenvalue weighted by atomic mass is 35.8. The summed E-state index contributed by atoms with van der Waals surface area (Å²) in [5.41, 5.74) is 0.825. The second-order valence-electron chi connectivity index (χ2n) is 5.39. The van der Waals surface area contributed by atoms with E-state index in [0.717, 1.165) is 31.2 Å². The Morgan fingerprint density at radius 2 is 1.72 bits per heavy atom. The zero-order valence-electron chi connectivity index (χ0n) is 14.4. The third-order valence-corrected chi connectivity index (χ3v) is 6.04. The standard InChI is InChI=1S/C17H23Cl3O4Si/c1-22-15-9-7-14(13-16(15)23-2)8-10-17(21)24-11-5-3-4-6-12-25(18,19)20/h7-10,13H,3-6,11-12H2,1-2H3. The number of esters is 1. The Kier molecular flexibility index (Phi) is 10.4. The lowest BCUT2D eigenvalue weighted by molar-refractivity contribution is -0.137. The van der Waals surface area contributed by atoms with Gasteiger partial charge in [-0.05, 0) is 36.2 Å². The van der Waals surface area contributed by atoms with Crippen molar-refractivity contribution in [3.8, 4) is 11.5 Å². The topological polar surface area (TPSA) is 44.8 Å². The summed E-state index contributed by atoms with van der Waals surface area (Å²) >= 11 is 17.4. The summed E-state index contributed by atoms with van der Waals surface area (Å²) in [5, 5.41) is 0. The zero-order valence-corrected chi connectivity index (χ0v) is 17.7. The molecule has 8 heteroatoms. The van der Waals surface area contributed by atoms with Crippen LogP contribution in [0.4, 0.5) is 0 Å². The Morgan fingerprint density at radius 1 is 1.04 bits per heavy atom. The fraction of sp³-hybridized carbons (Fsp3) is 0.471. The van der Waals surface area contributed by atoms with Crippen LogP contribution < -0.4 is 9.47 Å². The third kappa shape index (κ3) is 9.99. The van der Waals surface area contributed by atoms with Gasteiger partial charge in [0.25, 0.3) is 0 Å². The first kappa shape index (κ1) is 22.2. The summed E-state index contributed by atoms with van der Waals surface area (Å²) in [6, 6.07) is 3.58. The van der Waals surface area contributed by atoms with E-state index in [2.05, 4.69) is 0 Å². The minimum Gasteiger partial charge on any atom is -0.493 e. The van der Waals surface area contributed by atoms with Crippen LogP contribution in [0, 0.1) is 0 Å². The number of methoxy groups -OCH3 is 2. The van der Waals surface area contributed by atoms with Gasteiger partial charge in [-0.3, -0.25) is 0 Å². The van der Waals surface area contributed by atoms with Crippen molar-refractivity contribution in [2.24, 2.45) is 0 Å². The Balaban J connectivity index is 2.27. The Bertz CT molecular complexity index is 574. The van der Waals surface area contributed by atoms with Crippen LogP contribution >= 0.6 is 33.2 Å². The summed E-state index contributed by atoms with van der Waals surface area (Å²) in [6.07, 6.45) is 6.70. The van der Waals surface area contributed by atoms with Crippen LogP contribution in [0.5, 0.6) is 11.5 Å². The molecule has 0 radical (unpaired) electrons. The average molecular weight is 426 g/mol. The molecule has 0 fully saturated rings. The molecule has 0 atom stereocenters. The first-order valence-corrected chi connectivity index (χ1v) is 13.2. The Labute approximate surface area is 164 Å². The van der Waals surface area contributed by atoms with E-state index in [1.54, 1.807) is 32.4 Å². The van der Waals surface area contributed by atoms with Crippen molar-refractivity contribution >= 4 is 51.3 Å². The van der Waals surface area contributed by atoms with E-state index >= 15 is 0 Å². The van der Waals surface area contributed by atoms with E-state index in [0.29, 0.717) is 24.2 Å². The fourth-order valence-electron chi connectivity index (χ4n) is 2.12. The van der Waals surface area contributed by atoms with Gasteiger partial charge < -0.3 is 14.2 Å². The van der Waals surface area contributed by atoms with E-state index in [1.165, 1.54) is 6.08 Å². The van der Waals surface area contributed by atoms with Gasteiger partial charge in [-0.25, -0.2) is 4.79 Å². The van der Waals surface area contributed by atoms with E-state index in [-0.39, 0.29) is 5.97 Å². The summed E-state index contributed by atoms with van der Waals surface area (Å²) in [4.78, 5) is 11.7. The number of rotatable bonds is 11. The van der Waals surface area contributed by atoms with E-state index in [4.69, 9.17) is 47.4 Å². The van der Waals surface area contributed by atoms with Crippen LogP contribution in [0.3, 0.4) is 0 Å². The molecule has 0 aliphatic carbocycles. The minimum atomic E-state index is -2.49. The second-order valence-corrected chi connectivity index (χ2v) is 14.7. The van der Waals surface area contributed by atoms with Crippen LogP contribution in [-0.4, -0.2) is 32.8 Å². The first-order chi connectivity index (χ1) is 11.9. The zero-order chi connectivity index (χ0) is 18.7. The monoisotopic (exact) mass is 424 g/mol. The van der Waals surface area contributed by atoms with Gasteiger partial charge >= 0.3 is 12.0 Å². The number of carbonyl (C=O) groups excluding carboxylic acids is 1. The molecule has 0 bridgehead atoms. The Hall–Kier alpha value is -0.883. The summed E-state index contributed by atoms with van der Waals surface area (Å²) in [7, 11) is 3.14. The Morgan fingerprint density at radius 3 is 2.36 bits per heavy atom. The number of carbonyl (C=O) groups is 1. The molecule has 0 aromatic heterocycles. The van der Waals surface area contributed by atoms with Gasteiger partial charge in [0.05, 0.1) is 20.8 Å². The third-order valence-electron chi connectivity index (χ3n) is 3.42. The number of benzene rings is 1. The van der Waals surface area contributed by atoms with Crippen LogP contribution in [0.15, 0.2) is 24.3 Å². The van der Waals surface area contributed by atoms with Crippen molar-refractivity contribution in [2.45, 2.75) is 31.7 Å². The van der Waals surface area contributed by atoms with Gasteiger partial charge in [-0.2, -0.15) is 0 Å². The smallest absolute Gasteiger partial charge is 0.341 e. The van der Waals surface area contributed by atoms with Crippen molar-refractivity contribution in [1.29, 1.82) is 0 Å². The van der Waals surface area contributed by atoms with Crippen molar-refractivity contribution in [2.75, 3.05) is 20.8 Å². The fourth-order valence-corrected chi connectivity index (χ4v) is 3.98. The van der Waals surface area contributed by atoms with Gasteiger partial charge in [0.2, 0.25) is 0 Å². The molecule has 1 aromatic rings. The summed E-state index contributed by atoms with van der Waals surface area (Å²) in [5.74, 6) is 0.874. The summed E-state index contributed by atoms with van der Waals surface area (Å²) < 4.78 is 15.5. The summed E-state index contributed by atoms with van der Waals surface area (Å²) in [6.45, 7) is 0.389.